The molecule has 1 N–H and O–H groups in total. The number of methoxy groups -OCH3 is 1. The van der Waals surface area contributed by atoms with Crippen LogP contribution in [0.5, 0.6) is 0 Å². The number of ether oxygens (including phenoxy) is 1. The SMILES string of the molecule is COC(=O)C[CH]CCC(O)=[N+](C)C. The number of nitrogens with zero attached hydrogens (tertiary/aromatic N) is 1. The van der Waals surface area contributed by atoms with Crippen LogP contribution in [0, 0.1) is 6.42 Å². The average Bonchev–Trinajstić information content (AvgIpc) is 2.11. The largest absolute Gasteiger partial charge is 0.469 e. The van der Waals surface area contributed by atoms with Crippen molar-refractivity contribution in [2.24, 2.45) is 0 Å². The number of hydrogen-bond acceptors (Lipinski definition) is 2. The lowest BCUT2D eigenvalue weighted by atomic mass is 10.2. The zero-order chi connectivity index (χ0) is 10.3. The number of unbranched alkanes of at least 4 members (excludes halogenated alkanes) is 1. The van der Waals surface area contributed by atoms with Gasteiger partial charge in [-0.3, -0.25) is 4.79 Å². The summed E-state index contributed by atoms with van der Waals surface area (Å²) in [6.07, 6.45) is 3.34. The summed E-state index contributed by atoms with van der Waals surface area (Å²) in [6, 6.07) is 0. The first-order chi connectivity index (χ1) is 6.07. The minimum atomic E-state index is -0.246. The number of aliphatic hydroxyl groups excluding tert-OH is 1. The van der Waals surface area contributed by atoms with Crippen LogP contribution in [0.3, 0.4) is 0 Å². The molecule has 0 bridgehead atoms. The molecule has 13 heavy (non-hydrogen) atoms. The molecule has 1 radical (unpaired) electrons. The molecule has 0 aromatic heterocycles. The summed E-state index contributed by atoms with van der Waals surface area (Å²) in [7, 11) is 4.91. The van der Waals surface area contributed by atoms with E-state index in [-0.39, 0.29) is 5.97 Å². The fourth-order valence-corrected chi connectivity index (χ4v) is 0.758. The molecule has 0 aliphatic rings. The van der Waals surface area contributed by atoms with Gasteiger partial charge in [-0.25, -0.2) is 4.58 Å². The van der Waals surface area contributed by atoms with Gasteiger partial charge in [-0.1, -0.05) is 0 Å². The first-order valence-corrected chi connectivity index (χ1v) is 4.18. The fourth-order valence-electron chi connectivity index (χ4n) is 0.758. The molecular formula is C9H17NO3+. The highest BCUT2D eigenvalue weighted by Crippen LogP contribution is 1.99. The van der Waals surface area contributed by atoms with Crippen molar-refractivity contribution in [3.05, 3.63) is 6.42 Å². The van der Waals surface area contributed by atoms with Crippen LogP contribution >= 0.6 is 0 Å². The van der Waals surface area contributed by atoms with Crippen molar-refractivity contribution in [1.29, 1.82) is 0 Å². The maximum atomic E-state index is 10.7. The fraction of sp³-hybridized carbons (Fsp3) is 0.667. The molecule has 0 fully saturated rings. The lowest BCUT2D eigenvalue weighted by molar-refractivity contribution is -0.474. The number of esters is 1. The second-order valence-corrected chi connectivity index (χ2v) is 2.92. The Labute approximate surface area is 78.8 Å². The molecule has 0 rings (SSSR count). The summed E-state index contributed by atoms with van der Waals surface area (Å²) in [5, 5.41) is 9.26. The van der Waals surface area contributed by atoms with Crippen molar-refractivity contribution >= 4 is 11.9 Å². The second-order valence-electron chi connectivity index (χ2n) is 2.92. The highest BCUT2D eigenvalue weighted by atomic mass is 16.5. The van der Waals surface area contributed by atoms with E-state index in [2.05, 4.69) is 4.74 Å². The monoisotopic (exact) mass is 187 g/mol. The Morgan fingerprint density at radius 1 is 1.54 bits per heavy atom. The van der Waals surface area contributed by atoms with Gasteiger partial charge < -0.3 is 9.84 Å². The lowest BCUT2D eigenvalue weighted by Gasteiger charge is -1.97. The molecule has 0 aliphatic heterocycles. The van der Waals surface area contributed by atoms with Crippen molar-refractivity contribution in [1.82, 2.24) is 0 Å². The van der Waals surface area contributed by atoms with Gasteiger partial charge in [0.2, 0.25) is 0 Å². The third-order valence-corrected chi connectivity index (χ3v) is 1.63. The van der Waals surface area contributed by atoms with E-state index in [1.54, 1.807) is 25.1 Å². The standard InChI is InChI=1S/C9H16NO3/c1-10(2)8(11)6-4-5-7-9(12)13-3/h5H,4,6-7H2,1-3H3/p+1. The summed E-state index contributed by atoms with van der Waals surface area (Å²) in [5.41, 5.74) is 0. The average molecular weight is 187 g/mol. The Morgan fingerprint density at radius 2 is 2.15 bits per heavy atom. The Bertz CT molecular complexity index is 195. The van der Waals surface area contributed by atoms with Gasteiger partial charge in [0, 0.05) is 6.42 Å². The number of aliphatic hydroxyl groups is 1. The molecule has 0 saturated heterocycles. The van der Waals surface area contributed by atoms with E-state index in [1.807, 2.05) is 0 Å². The van der Waals surface area contributed by atoms with Crippen LogP contribution in [0.2, 0.25) is 0 Å². The lowest BCUT2D eigenvalue weighted by Crippen LogP contribution is -2.12. The molecule has 0 atom stereocenters. The number of rotatable bonds is 5. The molecule has 0 aliphatic carbocycles. The second kappa shape index (κ2) is 6.46. The van der Waals surface area contributed by atoms with E-state index >= 15 is 0 Å². The summed E-state index contributed by atoms with van der Waals surface area (Å²) in [5.74, 6) is 0.0745. The van der Waals surface area contributed by atoms with Crippen LogP contribution < -0.4 is 0 Å². The smallest absolute Gasteiger partial charge is 0.333 e. The van der Waals surface area contributed by atoms with Crippen molar-refractivity contribution in [3.63, 3.8) is 0 Å². The molecule has 0 amide bonds. The Kier molecular flexibility index (Phi) is 5.93. The summed E-state index contributed by atoms with van der Waals surface area (Å²) >= 11 is 0. The van der Waals surface area contributed by atoms with E-state index in [0.717, 1.165) is 0 Å². The number of hydrogen-bond donors (Lipinski definition) is 1. The van der Waals surface area contributed by atoms with Gasteiger partial charge >= 0.3 is 11.9 Å². The van der Waals surface area contributed by atoms with E-state index in [1.165, 1.54) is 7.11 Å². The van der Waals surface area contributed by atoms with Gasteiger partial charge in [-0.05, 0) is 12.8 Å². The third kappa shape index (κ3) is 6.13. The van der Waals surface area contributed by atoms with Gasteiger partial charge in [0.15, 0.2) is 0 Å². The Morgan fingerprint density at radius 3 is 2.62 bits per heavy atom. The van der Waals surface area contributed by atoms with Crippen molar-refractivity contribution < 1.29 is 19.2 Å². The molecule has 0 spiro atoms. The molecule has 0 aromatic carbocycles. The highest BCUT2D eigenvalue weighted by Gasteiger charge is 2.05. The summed E-state index contributed by atoms with van der Waals surface area (Å²) in [4.78, 5) is 10.7. The Hall–Kier alpha value is -1.06. The third-order valence-electron chi connectivity index (χ3n) is 1.63. The quantitative estimate of drug-likeness (QED) is 0.227. The normalized spacial score (nSPS) is 9.46. The molecule has 75 valence electrons. The number of carbonyl (C=O) groups excluding carboxylic acids is 1. The number of carbonyl (C=O) groups is 1. The van der Waals surface area contributed by atoms with E-state index < -0.39 is 0 Å². The summed E-state index contributed by atoms with van der Waals surface area (Å²) in [6.45, 7) is 0. The first kappa shape index (κ1) is 11.9. The molecule has 0 aromatic rings. The van der Waals surface area contributed by atoms with Gasteiger partial charge in [0.25, 0.3) is 0 Å². The van der Waals surface area contributed by atoms with Crippen LogP contribution in [-0.4, -0.2) is 42.8 Å². The Balaban J connectivity index is 3.47. The molecule has 0 unspecified atom stereocenters. The first-order valence-electron chi connectivity index (χ1n) is 4.18. The summed E-state index contributed by atoms with van der Waals surface area (Å²) < 4.78 is 6.10. The van der Waals surface area contributed by atoms with Crippen LogP contribution in [0.1, 0.15) is 19.3 Å². The van der Waals surface area contributed by atoms with Crippen molar-refractivity contribution in [2.75, 3.05) is 21.2 Å². The maximum Gasteiger partial charge on any atom is 0.333 e. The topological polar surface area (TPSA) is 49.5 Å². The van der Waals surface area contributed by atoms with Gasteiger partial charge in [0.05, 0.1) is 13.5 Å². The van der Waals surface area contributed by atoms with Crippen LogP contribution in [0.25, 0.3) is 0 Å². The minimum absolute atomic E-state index is 0.246. The zero-order valence-electron chi connectivity index (χ0n) is 8.41. The highest BCUT2D eigenvalue weighted by molar-refractivity contribution is 5.71. The molecule has 0 saturated carbocycles. The van der Waals surface area contributed by atoms with E-state index in [9.17, 15) is 9.90 Å². The van der Waals surface area contributed by atoms with Gasteiger partial charge in [-0.15, -0.1) is 0 Å². The van der Waals surface area contributed by atoms with Gasteiger partial charge in [0.1, 0.15) is 14.1 Å². The molecule has 4 nitrogen and oxygen atoms in total. The maximum absolute atomic E-state index is 10.7. The predicted molar refractivity (Wildman–Crippen MR) is 49.9 cm³/mol. The van der Waals surface area contributed by atoms with Crippen molar-refractivity contribution in [2.45, 2.75) is 19.3 Å². The van der Waals surface area contributed by atoms with E-state index in [4.69, 9.17) is 0 Å². The molecular weight excluding hydrogens is 170 g/mol. The molecule has 4 heteroatoms. The zero-order valence-corrected chi connectivity index (χ0v) is 8.41. The van der Waals surface area contributed by atoms with Crippen LogP contribution in [0.4, 0.5) is 0 Å². The van der Waals surface area contributed by atoms with E-state index in [0.29, 0.717) is 25.2 Å². The molecule has 0 heterocycles. The van der Waals surface area contributed by atoms with Crippen molar-refractivity contribution in [3.8, 4) is 0 Å². The van der Waals surface area contributed by atoms with Gasteiger partial charge in [-0.2, -0.15) is 0 Å². The minimum Gasteiger partial charge on any atom is -0.469 e. The predicted octanol–water partition coefficient (Wildman–Crippen LogP) is 0.763. The van der Waals surface area contributed by atoms with Crippen LogP contribution in [0.15, 0.2) is 0 Å². The van der Waals surface area contributed by atoms with Crippen LogP contribution in [-0.2, 0) is 9.53 Å².